The molecule has 0 spiro atoms. The van der Waals surface area contributed by atoms with E-state index in [4.69, 9.17) is 11.6 Å². The summed E-state index contributed by atoms with van der Waals surface area (Å²) in [5.41, 5.74) is 3.61. The lowest BCUT2D eigenvalue weighted by atomic mass is 10.2. The smallest absolute Gasteiger partial charge is 0.179 e. The van der Waals surface area contributed by atoms with Gasteiger partial charge in [0.2, 0.25) is 0 Å². The van der Waals surface area contributed by atoms with Gasteiger partial charge in [0.25, 0.3) is 0 Å². The summed E-state index contributed by atoms with van der Waals surface area (Å²) in [4.78, 5) is 11.8. The van der Waals surface area contributed by atoms with Crippen molar-refractivity contribution in [3.05, 3.63) is 50.2 Å². The number of carbonyl (C=O) groups excluding carboxylic acids is 1. The first-order chi connectivity index (χ1) is 8.95. The Morgan fingerprint density at radius 2 is 1.95 bits per heavy atom. The van der Waals surface area contributed by atoms with Gasteiger partial charge in [-0.1, -0.05) is 15.9 Å². The third-order valence-electron chi connectivity index (χ3n) is 3.00. The quantitative estimate of drug-likeness (QED) is 0.518. The lowest BCUT2D eigenvalue weighted by molar-refractivity contribution is 0.102. The number of benzene rings is 1. The van der Waals surface area contributed by atoms with E-state index in [0.29, 0.717) is 5.56 Å². The number of halogens is 3. The number of hydrogen-bond donors (Lipinski definition) is 0. The zero-order chi connectivity index (χ0) is 14.2. The average molecular weight is 406 g/mol. The lowest BCUT2D eigenvalue weighted by Crippen LogP contribution is -2.04. The normalized spacial score (nSPS) is 10.8. The van der Waals surface area contributed by atoms with Gasteiger partial charge in [0, 0.05) is 25.9 Å². The van der Waals surface area contributed by atoms with E-state index in [1.807, 2.05) is 38.1 Å². The molecule has 19 heavy (non-hydrogen) atoms. The Morgan fingerprint density at radius 3 is 2.53 bits per heavy atom. The predicted molar refractivity (Wildman–Crippen MR) is 85.7 cm³/mol. The molecular formula is C14H12Br2ClNO. The van der Waals surface area contributed by atoms with Crippen molar-refractivity contribution in [3.63, 3.8) is 0 Å². The van der Waals surface area contributed by atoms with Crippen LogP contribution in [0.5, 0.6) is 0 Å². The highest BCUT2D eigenvalue weighted by Crippen LogP contribution is 2.29. The Labute approximate surface area is 134 Å². The standard InChI is InChI=1S/C14H12Br2ClNO/c1-8-5-11(14(19)7-17)9(2)18(8)13-4-3-10(15)6-12(13)16/h3-6H,7H2,1-2H3. The third kappa shape index (κ3) is 2.81. The van der Waals surface area contributed by atoms with Crippen LogP contribution < -0.4 is 0 Å². The van der Waals surface area contributed by atoms with Gasteiger partial charge in [0.15, 0.2) is 5.78 Å². The Morgan fingerprint density at radius 1 is 1.26 bits per heavy atom. The molecule has 0 aliphatic carbocycles. The highest BCUT2D eigenvalue weighted by Gasteiger charge is 2.17. The molecule has 0 aliphatic heterocycles. The summed E-state index contributed by atoms with van der Waals surface area (Å²) in [6.07, 6.45) is 0. The van der Waals surface area contributed by atoms with Gasteiger partial charge < -0.3 is 4.57 Å². The fourth-order valence-electron chi connectivity index (χ4n) is 2.15. The minimum Gasteiger partial charge on any atom is -0.317 e. The summed E-state index contributed by atoms with van der Waals surface area (Å²) in [7, 11) is 0. The summed E-state index contributed by atoms with van der Waals surface area (Å²) in [5, 5.41) is 0. The molecule has 0 saturated carbocycles. The summed E-state index contributed by atoms with van der Waals surface area (Å²) in [6.45, 7) is 3.91. The number of nitrogens with zero attached hydrogens (tertiary/aromatic N) is 1. The average Bonchev–Trinajstić information content (AvgIpc) is 2.65. The molecule has 0 N–H and O–H groups in total. The molecule has 5 heteroatoms. The SMILES string of the molecule is Cc1cc(C(=O)CCl)c(C)n1-c1ccc(Br)cc1Br. The second-order valence-electron chi connectivity index (χ2n) is 4.27. The summed E-state index contributed by atoms with van der Waals surface area (Å²) >= 11 is 12.6. The van der Waals surface area contributed by atoms with Crippen molar-refractivity contribution in [2.45, 2.75) is 13.8 Å². The third-order valence-corrected chi connectivity index (χ3v) is 4.37. The Bertz CT molecular complexity index is 649. The summed E-state index contributed by atoms with van der Waals surface area (Å²) < 4.78 is 4.02. The molecule has 2 rings (SSSR count). The molecule has 0 radical (unpaired) electrons. The van der Waals surface area contributed by atoms with E-state index in [2.05, 4.69) is 36.4 Å². The van der Waals surface area contributed by atoms with Crippen molar-refractivity contribution < 1.29 is 4.79 Å². The highest BCUT2D eigenvalue weighted by molar-refractivity contribution is 9.11. The van der Waals surface area contributed by atoms with Crippen LogP contribution in [-0.2, 0) is 0 Å². The van der Waals surface area contributed by atoms with Crippen molar-refractivity contribution >= 4 is 49.2 Å². The number of carbonyl (C=O) groups is 1. The maximum absolute atomic E-state index is 11.8. The summed E-state index contributed by atoms with van der Waals surface area (Å²) in [5.74, 6) is -0.0412. The van der Waals surface area contributed by atoms with E-state index >= 15 is 0 Å². The second-order valence-corrected chi connectivity index (χ2v) is 6.31. The number of ketones is 1. The minimum absolute atomic E-state index is 0.00575. The zero-order valence-corrected chi connectivity index (χ0v) is 14.4. The van der Waals surface area contributed by atoms with Crippen LogP contribution in [0.3, 0.4) is 0 Å². The first-order valence-electron chi connectivity index (χ1n) is 5.69. The first-order valence-corrected chi connectivity index (χ1v) is 7.81. The zero-order valence-electron chi connectivity index (χ0n) is 10.5. The maximum Gasteiger partial charge on any atom is 0.179 e. The highest BCUT2D eigenvalue weighted by atomic mass is 79.9. The van der Waals surface area contributed by atoms with Crippen molar-refractivity contribution in [3.8, 4) is 5.69 Å². The Hall–Kier alpha value is -0.580. The van der Waals surface area contributed by atoms with E-state index in [9.17, 15) is 4.79 Å². The first kappa shape index (κ1) is 14.8. The topological polar surface area (TPSA) is 22.0 Å². The molecule has 1 heterocycles. The van der Waals surface area contributed by atoms with Crippen LogP contribution >= 0.6 is 43.5 Å². The van der Waals surface area contributed by atoms with E-state index in [-0.39, 0.29) is 11.7 Å². The number of hydrogen-bond acceptors (Lipinski definition) is 1. The van der Waals surface area contributed by atoms with Crippen LogP contribution in [0.25, 0.3) is 5.69 Å². The van der Waals surface area contributed by atoms with E-state index in [1.165, 1.54) is 0 Å². The van der Waals surface area contributed by atoms with Gasteiger partial charge in [0.05, 0.1) is 11.6 Å². The van der Waals surface area contributed by atoms with Gasteiger partial charge in [-0.3, -0.25) is 4.79 Å². The Balaban J connectivity index is 2.63. The van der Waals surface area contributed by atoms with Crippen LogP contribution in [0.2, 0.25) is 0 Å². The molecule has 0 saturated heterocycles. The van der Waals surface area contributed by atoms with Gasteiger partial charge in [0.1, 0.15) is 0 Å². The van der Waals surface area contributed by atoms with Crippen molar-refractivity contribution in [1.82, 2.24) is 4.57 Å². The van der Waals surface area contributed by atoms with Crippen molar-refractivity contribution in [2.75, 3.05) is 5.88 Å². The van der Waals surface area contributed by atoms with Gasteiger partial charge in [-0.15, -0.1) is 11.6 Å². The molecule has 0 amide bonds. The van der Waals surface area contributed by atoms with Crippen molar-refractivity contribution in [2.24, 2.45) is 0 Å². The molecule has 100 valence electrons. The number of Topliss-reactive ketones (excluding diaryl/α,β-unsaturated/α-hetero) is 1. The van der Waals surface area contributed by atoms with Gasteiger partial charge in [-0.25, -0.2) is 0 Å². The number of aryl methyl sites for hydroxylation is 1. The lowest BCUT2D eigenvalue weighted by Gasteiger charge is -2.12. The fraction of sp³-hybridized carbons (Fsp3) is 0.214. The van der Waals surface area contributed by atoms with Crippen LogP contribution in [0, 0.1) is 13.8 Å². The fourth-order valence-corrected chi connectivity index (χ4v) is 3.52. The molecule has 2 aromatic rings. The molecule has 1 aromatic carbocycles. The predicted octanol–water partition coefficient (Wildman–Crippen LogP) is 5.04. The summed E-state index contributed by atoms with van der Waals surface area (Å²) in [6, 6.07) is 7.84. The van der Waals surface area contributed by atoms with Gasteiger partial charge in [-0.05, 0) is 54.0 Å². The van der Waals surface area contributed by atoms with Gasteiger partial charge >= 0.3 is 0 Å². The number of rotatable bonds is 3. The van der Waals surface area contributed by atoms with Crippen LogP contribution in [0.1, 0.15) is 21.7 Å². The molecule has 1 aromatic heterocycles. The maximum atomic E-state index is 11.8. The Kier molecular flexibility index (Phi) is 4.54. The van der Waals surface area contributed by atoms with Crippen LogP contribution in [0.4, 0.5) is 0 Å². The molecule has 0 fully saturated rings. The van der Waals surface area contributed by atoms with Crippen molar-refractivity contribution in [1.29, 1.82) is 0 Å². The number of alkyl halides is 1. The molecule has 2 nitrogen and oxygen atoms in total. The monoisotopic (exact) mass is 403 g/mol. The second kappa shape index (κ2) is 5.81. The molecule has 0 aliphatic rings. The van der Waals surface area contributed by atoms with Gasteiger partial charge in [-0.2, -0.15) is 0 Å². The molecule has 0 bridgehead atoms. The van der Waals surface area contributed by atoms with E-state index in [1.54, 1.807) is 0 Å². The molecule has 0 atom stereocenters. The minimum atomic E-state index is -0.0470. The van der Waals surface area contributed by atoms with E-state index < -0.39 is 0 Å². The van der Waals surface area contributed by atoms with Crippen LogP contribution in [-0.4, -0.2) is 16.2 Å². The molecular weight excluding hydrogens is 393 g/mol. The number of aromatic nitrogens is 1. The van der Waals surface area contributed by atoms with Crippen LogP contribution in [0.15, 0.2) is 33.2 Å². The van der Waals surface area contributed by atoms with E-state index in [0.717, 1.165) is 26.0 Å². The largest absolute Gasteiger partial charge is 0.317 e. The molecule has 0 unspecified atom stereocenters.